The van der Waals surface area contributed by atoms with Crippen molar-refractivity contribution in [1.82, 2.24) is 4.90 Å². The van der Waals surface area contributed by atoms with Crippen molar-refractivity contribution in [2.24, 2.45) is 0 Å². The van der Waals surface area contributed by atoms with E-state index in [0.717, 1.165) is 38.1 Å². The molecule has 0 unspecified atom stereocenters. The maximum atomic E-state index is 11.6. The summed E-state index contributed by atoms with van der Waals surface area (Å²) in [6.07, 6.45) is 3.29. The molecule has 0 N–H and O–H groups in total. The maximum absolute atomic E-state index is 11.6. The third-order valence-electron chi connectivity index (χ3n) is 4.21. The molecule has 1 aliphatic rings. The molecule has 0 spiro atoms. The van der Waals surface area contributed by atoms with E-state index in [-0.39, 0.29) is 11.3 Å². The van der Waals surface area contributed by atoms with Crippen molar-refractivity contribution in [3.05, 3.63) is 29.8 Å². The Morgan fingerprint density at radius 3 is 2.84 bits per heavy atom. The molecule has 0 saturated carbocycles. The lowest BCUT2D eigenvalue weighted by atomic mass is 9.76. The predicted octanol–water partition coefficient (Wildman–Crippen LogP) is 2.99. The van der Waals surface area contributed by atoms with Gasteiger partial charge in [0.1, 0.15) is 5.75 Å². The van der Waals surface area contributed by atoms with Crippen LogP contribution < -0.4 is 4.74 Å². The van der Waals surface area contributed by atoms with Gasteiger partial charge < -0.3 is 9.64 Å². The molecule has 3 nitrogen and oxygen atoms in total. The lowest BCUT2D eigenvalue weighted by molar-refractivity contribution is -0.128. The summed E-state index contributed by atoms with van der Waals surface area (Å²) in [5, 5.41) is 0. The first-order valence-electron chi connectivity index (χ1n) is 7.01. The molecular weight excluding hydrogens is 238 g/mol. The van der Waals surface area contributed by atoms with Crippen LogP contribution in [-0.4, -0.2) is 31.0 Å². The number of likely N-dealkylation sites (tertiary alicyclic amines) is 1. The minimum absolute atomic E-state index is 0.106. The van der Waals surface area contributed by atoms with Gasteiger partial charge in [0.15, 0.2) is 0 Å². The van der Waals surface area contributed by atoms with Crippen LogP contribution in [0.5, 0.6) is 5.75 Å². The van der Waals surface area contributed by atoms with Gasteiger partial charge in [0.25, 0.3) is 0 Å². The highest BCUT2D eigenvalue weighted by Crippen LogP contribution is 2.39. The highest BCUT2D eigenvalue weighted by molar-refractivity contribution is 5.73. The zero-order valence-corrected chi connectivity index (χ0v) is 12.1. The highest BCUT2D eigenvalue weighted by atomic mass is 16.5. The Morgan fingerprint density at radius 1 is 1.47 bits per heavy atom. The number of nitrogens with zero attached hydrogens (tertiary/aromatic N) is 1. The van der Waals surface area contributed by atoms with Crippen LogP contribution in [0.15, 0.2) is 24.3 Å². The molecule has 0 aliphatic carbocycles. The van der Waals surface area contributed by atoms with E-state index in [1.165, 1.54) is 5.56 Å². The van der Waals surface area contributed by atoms with Crippen molar-refractivity contribution in [2.75, 3.05) is 20.2 Å². The number of hydrogen-bond acceptors (Lipinski definition) is 2. The molecule has 1 saturated heterocycles. The van der Waals surface area contributed by atoms with Crippen LogP contribution in [-0.2, 0) is 10.2 Å². The molecule has 1 aromatic rings. The largest absolute Gasteiger partial charge is 0.497 e. The van der Waals surface area contributed by atoms with Gasteiger partial charge in [-0.25, -0.2) is 0 Å². The second kappa shape index (κ2) is 5.64. The van der Waals surface area contributed by atoms with E-state index >= 15 is 0 Å². The van der Waals surface area contributed by atoms with Crippen LogP contribution in [0.2, 0.25) is 0 Å². The first kappa shape index (κ1) is 13.9. The number of amides is 1. The third-order valence-corrected chi connectivity index (χ3v) is 4.21. The van der Waals surface area contributed by atoms with Gasteiger partial charge in [0.05, 0.1) is 7.11 Å². The Labute approximate surface area is 115 Å². The summed E-state index contributed by atoms with van der Waals surface area (Å²) in [4.78, 5) is 13.6. The van der Waals surface area contributed by atoms with Crippen molar-refractivity contribution in [1.29, 1.82) is 0 Å². The fraction of sp³-hybridized carbons (Fsp3) is 0.562. The molecule has 2 rings (SSSR count). The fourth-order valence-electron chi connectivity index (χ4n) is 3.16. The monoisotopic (exact) mass is 261 g/mol. The smallest absolute Gasteiger partial charge is 0.219 e. The fourth-order valence-corrected chi connectivity index (χ4v) is 3.16. The van der Waals surface area contributed by atoms with Gasteiger partial charge in [0.2, 0.25) is 5.91 Å². The van der Waals surface area contributed by atoms with E-state index in [1.54, 1.807) is 14.0 Å². The van der Waals surface area contributed by atoms with E-state index in [1.807, 2.05) is 17.0 Å². The summed E-state index contributed by atoms with van der Waals surface area (Å²) >= 11 is 0. The van der Waals surface area contributed by atoms with Crippen LogP contribution in [0.25, 0.3) is 0 Å². The second-order valence-electron chi connectivity index (χ2n) is 5.45. The van der Waals surface area contributed by atoms with Crippen molar-refractivity contribution in [2.45, 2.75) is 38.5 Å². The normalized spacial score (nSPS) is 22.6. The average Bonchev–Trinajstić information content (AvgIpc) is 2.85. The number of benzene rings is 1. The van der Waals surface area contributed by atoms with Crippen molar-refractivity contribution in [3.63, 3.8) is 0 Å². The lowest BCUT2D eigenvalue weighted by Crippen LogP contribution is -2.33. The van der Waals surface area contributed by atoms with Gasteiger partial charge in [-0.2, -0.15) is 0 Å². The molecular formula is C16H23NO2. The van der Waals surface area contributed by atoms with E-state index < -0.39 is 0 Å². The number of methoxy groups -OCH3 is 1. The van der Waals surface area contributed by atoms with Gasteiger partial charge >= 0.3 is 0 Å². The van der Waals surface area contributed by atoms with Gasteiger partial charge in [-0.1, -0.05) is 25.5 Å². The summed E-state index contributed by atoms with van der Waals surface area (Å²) in [5.74, 6) is 1.08. The topological polar surface area (TPSA) is 29.5 Å². The molecule has 104 valence electrons. The Kier molecular flexibility index (Phi) is 4.13. The van der Waals surface area contributed by atoms with Crippen LogP contribution in [0.1, 0.15) is 38.7 Å². The zero-order valence-electron chi connectivity index (χ0n) is 12.1. The van der Waals surface area contributed by atoms with Crippen molar-refractivity contribution in [3.8, 4) is 5.75 Å². The average molecular weight is 261 g/mol. The first-order valence-corrected chi connectivity index (χ1v) is 7.01. The molecule has 1 aliphatic heterocycles. The predicted molar refractivity (Wildman–Crippen MR) is 76.5 cm³/mol. The van der Waals surface area contributed by atoms with Crippen LogP contribution in [0.4, 0.5) is 0 Å². The maximum Gasteiger partial charge on any atom is 0.219 e. The number of hydrogen-bond donors (Lipinski definition) is 0. The molecule has 1 heterocycles. The van der Waals surface area contributed by atoms with Gasteiger partial charge in [-0.15, -0.1) is 0 Å². The summed E-state index contributed by atoms with van der Waals surface area (Å²) < 4.78 is 5.33. The number of ether oxygens (including phenoxy) is 1. The molecule has 0 radical (unpaired) electrons. The number of carbonyl (C=O) groups excluding carboxylic acids is 1. The Morgan fingerprint density at radius 2 is 2.26 bits per heavy atom. The minimum atomic E-state index is 0.106. The van der Waals surface area contributed by atoms with Crippen molar-refractivity contribution < 1.29 is 9.53 Å². The molecule has 0 aromatic heterocycles. The van der Waals surface area contributed by atoms with Crippen molar-refractivity contribution >= 4 is 5.91 Å². The van der Waals surface area contributed by atoms with Gasteiger partial charge in [-0.05, 0) is 30.5 Å². The standard InChI is InChI=1S/C16H23NO2/c1-4-8-16(9-10-17(12-16)13(2)18)14-6-5-7-15(11-14)19-3/h5-7,11H,4,8-10,12H2,1-3H3/t16-/m0/s1. The molecule has 0 bridgehead atoms. The first-order chi connectivity index (χ1) is 9.11. The Hall–Kier alpha value is -1.51. The van der Waals surface area contributed by atoms with Gasteiger partial charge in [0, 0.05) is 25.4 Å². The van der Waals surface area contributed by atoms with Crippen LogP contribution >= 0.6 is 0 Å². The molecule has 1 aromatic carbocycles. The number of rotatable bonds is 4. The van der Waals surface area contributed by atoms with Gasteiger partial charge in [-0.3, -0.25) is 4.79 Å². The van der Waals surface area contributed by atoms with E-state index in [2.05, 4.69) is 19.1 Å². The quantitative estimate of drug-likeness (QED) is 0.834. The second-order valence-corrected chi connectivity index (χ2v) is 5.45. The lowest BCUT2D eigenvalue weighted by Gasteiger charge is -2.30. The van der Waals surface area contributed by atoms with Crippen LogP contribution in [0, 0.1) is 0 Å². The van der Waals surface area contributed by atoms with Crippen LogP contribution in [0.3, 0.4) is 0 Å². The summed E-state index contributed by atoms with van der Waals surface area (Å²) in [6.45, 7) is 5.57. The summed E-state index contributed by atoms with van der Waals surface area (Å²) in [6, 6.07) is 8.31. The highest BCUT2D eigenvalue weighted by Gasteiger charge is 2.39. The van der Waals surface area contributed by atoms with E-state index in [0.29, 0.717) is 0 Å². The molecule has 1 fully saturated rings. The zero-order chi connectivity index (χ0) is 13.9. The number of carbonyl (C=O) groups is 1. The molecule has 1 atom stereocenters. The summed E-state index contributed by atoms with van der Waals surface area (Å²) in [5.41, 5.74) is 1.41. The Balaban J connectivity index is 2.31. The molecule has 19 heavy (non-hydrogen) atoms. The third kappa shape index (κ3) is 2.75. The Bertz CT molecular complexity index is 458. The molecule has 3 heteroatoms. The SMILES string of the molecule is CCC[C@]1(c2cccc(OC)c2)CCN(C(C)=O)C1. The minimum Gasteiger partial charge on any atom is -0.497 e. The van der Waals surface area contributed by atoms with E-state index in [4.69, 9.17) is 4.74 Å². The molecule has 1 amide bonds. The summed E-state index contributed by atoms with van der Waals surface area (Å²) in [7, 11) is 1.70. The van der Waals surface area contributed by atoms with E-state index in [9.17, 15) is 4.79 Å².